The Morgan fingerprint density at radius 1 is 1.33 bits per heavy atom. The number of carbonyl (C=O) groups is 2. The molecule has 8 heteroatoms. The van der Waals surface area contributed by atoms with Gasteiger partial charge in [-0.05, 0) is 59.0 Å². The fourth-order valence-electron chi connectivity index (χ4n) is 2.97. The van der Waals surface area contributed by atoms with Crippen molar-refractivity contribution in [3.05, 3.63) is 23.9 Å². The summed E-state index contributed by atoms with van der Waals surface area (Å²) in [5.74, 6) is 0.599. The van der Waals surface area contributed by atoms with Crippen LogP contribution in [0.25, 0.3) is 0 Å². The van der Waals surface area contributed by atoms with Crippen molar-refractivity contribution < 1.29 is 14.3 Å². The first-order chi connectivity index (χ1) is 13.0. The third-order valence-electron chi connectivity index (χ3n) is 4.47. The molecule has 0 saturated carbocycles. The van der Waals surface area contributed by atoms with Crippen LogP contribution in [-0.4, -0.2) is 79.7 Å². The molecule has 0 spiro atoms. The van der Waals surface area contributed by atoms with Gasteiger partial charge in [0.05, 0.1) is 6.61 Å². The quantitative estimate of drug-likeness (QED) is 0.672. The van der Waals surface area contributed by atoms with E-state index in [0.29, 0.717) is 31.1 Å². The molecule has 0 aliphatic carbocycles. The van der Waals surface area contributed by atoms with Crippen molar-refractivity contribution in [3.8, 4) is 0 Å². The summed E-state index contributed by atoms with van der Waals surface area (Å²) in [7, 11) is 4.08. The molecule has 0 unspecified atom stereocenters. The van der Waals surface area contributed by atoms with Gasteiger partial charge in [-0.2, -0.15) is 0 Å². The van der Waals surface area contributed by atoms with E-state index in [1.165, 1.54) is 0 Å². The lowest BCUT2D eigenvalue weighted by molar-refractivity contribution is 0.0860. The summed E-state index contributed by atoms with van der Waals surface area (Å²) >= 11 is 0. The summed E-state index contributed by atoms with van der Waals surface area (Å²) in [5, 5.41) is 6.31. The largest absolute Gasteiger partial charge is 0.450 e. The number of nitrogens with zero attached hydrogens (tertiary/aromatic N) is 3. The first kappa shape index (κ1) is 21.0. The minimum atomic E-state index is -0.276. The van der Waals surface area contributed by atoms with E-state index < -0.39 is 0 Å². The maximum atomic E-state index is 12.5. The van der Waals surface area contributed by atoms with E-state index in [-0.39, 0.29) is 18.0 Å². The number of rotatable bonds is 8. The molecule has 150 valence electrons. The second kappa shape index (κ2) is 10.7. The Morgan fingerprint density at radius 3 is 2.74 bits per heavy atom. The summed E-state index contributed by atoms with van der Waals surface area (Å²) in [5.41, 5.74) is 0.591. The molecule has 27 heavy (non-hydrogen) atoms. The highest BCUT2D eigenvalue weighted by atomic mass is 16.6. The third-order valence-corrected chi connectivity index (χ3v) is 4.47. The standard InChI is InChI=1S/C19H31N5O3/c1-4-27-19(26)24-12-7-16(8-13-24)22-18(25)15-6-10-21-17(14-15)20-9-5-11-23(2)3/h6,10,14,16H,4-5,7-9,11-13H2,1-3H3,(H,20,21)(H,22,25). The number of piperidine rings is 1. The molecule has 0 bridgehead atoms. The van der Waals surface area contributed by atoms with Crippen LogP contribution in [0.15, 0.2) is 18.3 Å². The summed E-state index contributed by atoms with van der Waals surface area (Å²) in [4.78, 5) is 32.3. The lowest BCUT2D eigenvalue weighted by atomic mass is 10.0. The van der Waals surface area contributed by atoms with Crippen molar-refractivity contribution in [2.45, 2.75) is 32.2 Å². The van der Waals surface area contributed by atoms with Gasteiger partial charge in [-0.3, -0.25) is 4.79 Å². The summed E-state index contributed by atoms with van der Waals surface area (Å²) in [6, 6.07) is 3.56. The van der Waals surface area contributed by atoms with Gasteiger partial charge >= 0.3 is 6.09 Å². The first-order valence-corrected chi connectivity index (χ1v) is 9.56. The van der Waals surface area contributed by atoms with Gasteiger partial charge in [0.25, 0.3) is 5.91 Å². The van der Waals surface area contributed by atoms with Crippen LogP contribution in [0.5, 0.6) is 0 Å². The van der Waals surface area contributed by atoms with E-state index in [2.05, 4.69) is 20.5 Å². The predicted molar refractivity (Wildman–Crippen MR) is 105 cm³/mol. The Morgan fingerprint density at radius 2 is 2.07 bits per heavy atom. The zero-order chi connectivity index (χ0) is 19.6. The molecule has 0 aromatic carbocycles. The molecule has 1 aliphatic heterocycles. The molecule has 8 nitrogen and oxygen atoms in total. The van der Waals surface area contributed by atoms with Gasteiger partial charge in [0, 0.05) is 37.4 Å². The van der Waals surface area contributed by atoms with Crippen molar-refractivity contribution in [1.82, 2.24) is 20.1 Å². The number of anilines is 1. The molecule has 1 aliphatic rings. The van der Waals surface area contributed by atoms with Crippen molar-refractivity contribution >= 4 is 17.8 Å². The lowest BCUT2D eigenvalue weighted by Gasteiger charge is -2.31. The molecule has 1 fully saturated rings. The van der Waals surface area contributed by atoms with E-state index in [1.54, 1.807) is 30.2 Å². The van der Waals surface area contributed by atoms with Gasteiger partial charge in [-0.1, -0.05) is 0 Å². The van der Waals surface area contributed by atoms with Crippen molar-refractivity contribution in [1.29, 1.82) is 0 Å². The molecule has 0 radical (unpaired) electrons. The third kappa shape index (κ3) is 7.05. The molecule has 0 atom stereocenters. The fraction of sp³-hybridized carbons (Fsp3) is 0.632. The Labute approximate surface area is 161 Å². The highest BCUT2D eigenvalue weighted by molar-refractivity contribution is 5.95. The number of likely N-dealkylation sites (tertiary alicyclic amines) is 1. The molecule has 2 heterocycles. The maximum Gasteiger partial charge on any atom is 0.409 e. The average molecular weight is 377 g/mol. The van der Waals surface area contributed by atoms with E-state index in [9.17, 15) is 9.59 Å². The number of ether oxygens (including phenoxy) is 1. The van der Waals surface area contributed by atoms with E-state index >= 15 is 0 Å². The highest BCUT2D eigenvalue weighted by Gasteiger charge is 2.24. The number of pyridine rings is 1. The Kier molecular flexibility index (Phi) is 8.32. The van der Waals surface area contributed by atoms with Gasteiger partial charge < -0.3 is 25.2 Å². The minimum absolute atomic E-state index is 0.0628. The predicted octanol–water partition coefficient (Wildman–Crippen LogP) is 1.80. The van der Waals surface area contributed by atoms with Crippen LogP contribution in [0.4, 0.5) is 10.6 Å². The maximum absolute atomic E-state index is 12.5. The normalized spacial score (nSPS) is 14.9. The van der Waals surface area contributed by atoms with Crippen molar-refractivity contribution in [3.63, 3.8) is 0 Å². The van der Waals surface area contributed by atoms with Crippen LogP contribution in [0.3, 0.4) is 0 Å². The number of hydrogen-bond donors (Lipinski definition) is 2. The summed E-state index contributed by atoms with van der Waals surface area (Å²) < 4.78 is 5.02. The molecule has 2 N–H and O–H groups in total. The second-order valence-electron chi connectivity index (χ2n) is 6.95. The van der Waals surface area contributed by atoms with Crippen LogP contribution in [0.2, 0.25) is 0 Å². The molecule has 2 amide bonds. The van der Waals surface area contributed by atoms with Crippen molar-refractivity contribution in [2.75, 3.05) is 52.2 Å². The topological polar surface area (TPSA) is 86.8 Å². The first-order valence-electron chi connectivity index (χ1n) is 9.56. The SMILES string of the molecule is CCOC(=O)N1CCC(NC(=O)c2ccnc(NCCCN(C)C)c2)CC1. The van der Waals surface area contributed by atoms with E-state index in [1.807, 2.05) is 14.1 Å². The molecular formula is C19H31N5O3. The van der Waals surface area contributed by atoms with Gasteiger partial charge in [0.2, 0.25) is 0 Å². The molecule has 1 saturated heterocycles. The van der Waals surface area contributed by atoms with Gasteiger partial charge in [-0.15, -0.1) is 0 Å². The van der Waals surface area contributed by atoms with Crippen LogP contribution in [0.1, 0.15) is 36.5 Å². The van der Waals surface area contributed by atoms with Crippen molar-refractivity contribution in [2.24, 2.45) is 0 Å². The molecular weight excluding hydrogens is 346 g/mol. The number of nitrogens with one attached hydrogen (secondary N) is 2. The van der Waals surface area contributed by atoms with E-state index in [0.717, 1.165) is 32.4 Å². The van der Waals surface area contributed by atoms with Crippen LogP contribution in [0, 0.1) is 0 Å². The van der Waals surface area contributed by atoms with Crippen LogP contribution in [-0.2, 0) is 4.74 Å². The Balaban J connectivity index is 1.79. The molecule has 2 rings (SSSR count). The van der Waals surface area contributed by atoms with E-state index in [4.69, 9.17) is 4.74 Å². The zero-order valence-electron chi connectivity index (χ0n) is 16.5. The second-order valence-corrected chi connectivity index (χ2v) is 6.95. The molecule has 1 aromatic heterocycles. The molecule has 1 aromatic rings. The monoisotopic (exact) mass is 377 g/mol. The lowest BCUT2D eigenvalue weighted by Crippen LogP contribution is -2.46. The van der Waals surface area contributed by atoms with Crippen LogP contribution >= 0.6 is 0 Å². The summed E-state index contributed by atoms with van der Waals surface area (Å²) in [6.45, 7) is 5.17. The van der Waals surface area contributed by atoms with Gasteiger partial charge in [-0.25, -0.2) is 9.78 Å². The number of aromatic nitrogens is 1. The fourth-order valence-corrected chi connectivity index (χ4v) is 2.97. The zero-order valence-corrected chi connectivity index (χ0v) is 16.5. The smallest absolute Gasteiger partial charge is 0.409 e. The van der Waals surface area contributed by atoms with Gasteiger partial charge in [0.1, 0.15) is 5.82 Å². The number of amides is 2. The van der Waals surface area contributed by atoms with Crippen LogP contribution < -0.4 is 10.6 Å². The highest BCUT2D eigenvalue weighted by Crippen LogP contribution is 2.13. The summed E-state index contributed by atoms with van der Waals surface area (Å²) in [6.07, 6.45) is 3.83. The average Bonchev–Trinajstić information content (AvgIpc) is 2.66. The minimum Gasteiger partial charge on any atom is -0.450 e. The Hall–Kier alpha value is -2.35. The van der Waals surface area contributed by atoms with Gasteiger partial charge in [0.15, 0.2) is 0 Å². The number of hydrogen-bond acceptors (Lipinski definition) is 6. The Bertz CT molecular complexity index is 615. The number of carbonyl (C=O) groups excluding carboxylic acids is 2.